The molecule has 0 bridgehead atoms. The molecule has 0 saturated heterocycles. The Hall–Kier alpha value is -2.30. The molecule has 0 atom stereocenters. The number of aromatic hydroxyl groups is 1. The summed E-state index contributed by atoms with van der Waals surface area (Å²) in [6.45, 7) is 0. The fourth-order valence-corrected chi connectivity index (χ4v) is 1.41. The number of aldehydes is 1. The van der Waals surface area contributed by atoms with E-state index in [0.29, 0.717) is 29.1 Å². The predicted molar refractivity (Wildman–Crippen MR) is 57.6 cm³/mol. The third kappa shape index (κ3) is 1.63. The Kier molecular flexibility index (Phi) is 2.59. The van der Waals surface area contributed by atoms with Crippen molar-refractivity contribution in [3.63, 3.8) is 0 Å². The largest absolute Gasteiger partial charge is 0.504 e. The summed E-state index contributed by atoms with van der Waals surface area (Å²) in [5, 5.41) is 9.85. The minimum absolute atomic E-state index is 0.00296. The van der Waals surface area contributed by atoms with E-state index in [0.717, 1.165) is 0 Å². The van der Waals surface area contributed by atoms with Crippen molar-refractivity contribution >= 4 is 6.29 Å². The van der Waals surface area contributed by atoms with Gasteiger partial charge in [-0.25, -0.2) is 4.98 Å². The van der Waals surface area contributed by atoms with E-state index < -0.39 is 0 Å². The van der Waals surface area contributed by atoms with Gasteiger partial charge >= 0.3 is 0 Å². The van der Waals surface area contributed by atoms with Crippen LogP contribution < -0.4 is 4.74 Å². The fourth-order valence-electron chi connectivity index (χ4n) is 1.41. The van der Waals surface area contributed by atoms with Gasteiger partial charge in [0.25, 0.3) is 0 Å². The lowest BCUT2D eigenvalue weighted by Gasteiger charge is -2.06. The minimum atomic E-state index is -0.00296. The van der Waals surface area contributed by atoms with E-state index in [1.165, 1.54) is 13.3 Å². The maximum Gasteiger partial charge on any atom is 0.168 e. The molecule has 5 nitrogen and oxygen atoms in total. The molecule has 0 spiro atoms. The van der Waals surface area contributed by atoms with Gasteiger partial charge in [-0.1, -0.05) is 6.07 Å². The number of imidazole rings is 1. The lowest BCUT2D eigenvalue weighted by atomic mass is 10.2. The first-order chi connectivity index (χ1) is 7.76. The standard InChI is InChI=1S/C11H10N2O3/c1-16-9-4-2-3-8(10(9)15)11-12-5-7(6-14)13-11/h2-6,15H,1H3,(H,12,13). The molecule has 1 heterocycles. The molecule has 82 valence electrons. The number of H-pyrrole nitrogens is 1. The van der Waals surface area contributed by atoms with Gasteiger partial charge in [-0.3, -0.25) is 4.79 Å². The molecule has 16 heavy (non-hydrogen) atoms. The number of nitrogens with one attached hydrogen (secondary N) is 1. The zero-order chi connectivity index (χ0) is 11.5. The van der Waals surface area contributed by atoms with Gasteiger partial charge in [-0.15, -0.1) is 0 Å². The predicted octanol–water partition coefficient (Wildman–Crippen LogP) is 1.60. The third-order valence-electron chi connectivity index (χ3n) is 2.20. The normalized spacial score (nSPS) is 10.1. The average molecular weight is 218 g/mol. The van der Waals surface area contributed by atoms with Gasteiger partial charge < -0.3 is 14.8 Å². The summed E-state index contributed by atoms with van der Waals surface area (Å²) >= 11 is 0. The van der Waals surface area contributed by atoms with Gasteiger partial charge in [0.1, 0.15) is 5.82 Å². The molecule has 2 N–H and O–H groups in total. The van der Waals surface area contributed by atoms with Crippen molar-refractivity contribution in [1.82, 2.24) is 9.97 Å². The molecule has 5 heteroatoms. The van der Waals surface area contributed by atoms with Gasteiger partial charge in [-0.2, -0.15) is 0 Å². The number of aromatic amines is 1. The van der Waals surface area contributed by atoms with E-state index in [1.54, 1.807) is 18.2 Å². The highest BCUT2D eigenvalue weighted by Crippen LogP contribution is 2.35. The first kappa shape index (κ1) is 10.2. The SMILES string of the molecule is COc1cccc(-c2ncc(C=O)[nH]2)c1O. The maximum atomic E-state index is 10.5. The Morgan fingerprint density at radius 3 is 2.94 bits per heavy atom. The molecule has 0 aliphatic carbocycles. The second-order valence-corrected chi connectivity index (χ2v) is 3.16. The topological polar surface area (TPSA) is 75.2 Å². The molecule has 0 fully saturated rings. The number of carbonyl (C=O) groups excluding carboxylic acids is 1. The fraction of sp³-hybridized carbons (Fsp3) is 0.0909. The minimum Gasteiger partial charge on any atom is -0.504 e. The Balaban J connectivity index is 2.51. The number of carbonyl (C=O) groups is 1. The van der Waals surface area contributed by atoms with E-state index in [2.05, 4.69) is 9.97 Å². The van der Waals surface area contributed by atoms with Crippen LogP contribution in [0.2, 0.25) is 0 Å². The van der Waals surface area contributed by atoms with Gasteiger partial charge in [0.2, 0.25) is 0 Å². The van der Waals surface area contributed by atoms with Crippen LogP contribution in [0.3, 0.4) is 0 Å². The van der Waals surface area contributed by atoms with E-state index in [1.807, 2.05) is 0 Å². The number of hydrogen-bond acceptors (Lipinski definition) is 4. The van der Waals surface area contributed by atoms with Crippen LogP contribution in [0.1, 0.15) is 10.5 Å². The summed E-state index contributed by atoms with van der Waals surface area (Å²) in [5.41, 5.74) is 0.852. The van der Waals surface area contributed by atoms with Crippen LogP contribution in [0, 0.1) is 0 Å². The van der Waals surface area contributed by atoms with Crippen molar-refractivity contribution in [3.05, 3.63) is 30.1 Å². The monoisotopic (exact) mass is 218 g/mol. The summed E-state index contributed by atoms with van der Waals surface area (Å²) in [7, 11) is 1.47. The highest BCUT2D eigenvalue weighted by atomic mass is 16.5. The van der Waals surface area contributed by atoms with Gasteiger partial charge in [0.05, 0.1) is 24.6 Å². The summed E-state index contributed by atoms with van der Waals surface area (Å²) in [6, 6.07) is 5.06. The number of ether oxygens (including phenoxy) is 1. The van der Waals surface area contributed by atoms with Crippen LogP contribution in [0.4, 0.5) is 0 Å². The van der Waals surface area contributed by atoms with E-state index in [-0.39, 0.29) is 5.75 Å². The van der Waals surface area contributed by atoms with Crippen molar-refractivity contribution in [2.75, 3.05) is 7.11 Å². The zero-order valence-corrected chi connectivity index (χ0v) is 8.60. The lowest BCUT2D eigenvalue weighted by Crippen LogP contribution is -1.87. The van der Waals surface area contributed by atoms with Crippen LogP contribution >= 0.6 is 0 Å². The Morgan fingerprint density at radius 1 is 1.50 bits per heavy atom. The number of aromatic nitrogens is 2. The van der Waals surface area contributed by atoms with Crippen LogP contribution in [0.5, 0.6) is 11.5 Å². The van der Waals surface area contributed by atoms with E-state index >= 15 is 0 Å². The molecule has 0 saturated carbocycles. The molecule has 0 amide bonds. The first-order valence-electron chi connectivity index (χ1n) is 4.62. The van der Waals surface area contributed by atoms with Crippen LogP contribution in [0.15, 0.2) is 24.4 Å². The number of nitrogens with zero attached hydrogens (tertiary/aromatic N) is 1. The maximum absolute atomic E-state index is 10.5. The molecule has 2 aromatic rings. The second-order valence-electron chi connectivity index (χ2n) is 3.16. The van der Waals surface area contributed by atoms with E-state index in [4.69, 9.17) is 4.74 Å². The highest BCUT2D eigenvalue weighted by Gasteiger charge is 2.11. The number of phenols is 1. The van der Waals surface area contributed by atoms with Gasteiger partial charge in [0.15, 0.2) is 17.8 Å². The molecule has 1 aromatic heterocycles. The highest BCUT2D eigenvalue weighted by molar-refractivity contribution is 5.75. The van der Waals surface area contributed by atoms with Crippen LogP contribution in [-0.2, 0) is 0 Å². The Labute approximate surface area is 91.7 Å². The number of rotatable bonds is 3. The Morgan fingerprint density at radius 2 is 2.31 bits per heavy atom. The number of phenolic OH excluding ortho intramolecular Hbond substituents is 1. The smallest absolute Gasteiger partial charge is 0.168 e. The van der Waals surface area contributed by atoms with Crippen molar-refractivity contribution < 1.29 is 14.6 Å². The summed E-state index contributed by atoms with van der Waals surface area (Å²) in [5.74, 6) is 0.789. The van der Waals surface area contributed by atoms with Crippen molar-refractivity contribution in [2.24, 2.45) is 0 Å². The molecular weight excluding hydrogens is 208 g/mol. The summed E-state index contributed by atoms with van der Waals surface area (Å²) in [6.07, 6.45) is 2.06. The molecule has 2 rings (SSSR count). The Bertz CT molecular complexity index is 520. The summed E-state index contributed by atoms with van der Waals surface area (Å²) in [4.78, 5) is 17.3. The van der Waals surface area contributed by atoms with Crippen LogP contribution in [0.25, 0.3) is 11.4 Å². The average Bonchev–Trinajstić information content (AvgIpc) is 2.78. The van der Waals surface area contributed by atoms with Crippen molar-refractivity contribution in [3.8, 4) is 22.9 Å². The molecule has 0 aliphatic heterocycles. The number of methoxy groups -OCH3 is 1. The molecule has 1 aromatic carbocycles. The van der Waals surface area contributed by atoms with Gasteiger partial charge in [-0.05, 0) is 12.1 Å². The number of hydrogen-bond donors (Lipinski definition) is 2. The molecule has 0 aliphatic rings. The third-order valence-corrected chi connectivity index (χ3v) is 2.20. The molecular formula is C11H10N2O3. The second kappa shape index (κ2) is 4.06. The number of para-hydroxylation sites is 1. The zero-order valence-electron chi connectivity index (χ0n) is 8.60. The summed E-state index contributed by atoms with van der Waals surface area (Å²) < 4.78 is 4.98. The quantitative estimate of drug-likeness (QED) is 0.767. The molecule has 0 radical (unpaired) electrons. The van der Waals surface area contributed by atoms with Gasteiger partial charge in [0, 0.05) is 0 Å². The van der Waals surface area contributed by atoms with Crippen molar-refractivity contribution in [1.29, 1.82) is 0 Å². The number of benzene rings is 1. The van der Waals surface area contributed by atoms with Crippen LogP contribution in [-0.4, -0.2) is 28.5 Å². The van der Waals surface area contributed by atoms with E-state index in [9.17, 15) is 9.90 Å². The molecule has 0 unspecified atom stereocenters. The lowest BCUT2D eigenvalue weighted by molar-refractivity contribution is 0.111. The first-order valence-corrected chi connectivity index (χ1v) is 4.62. The van der Waals surface area contributed by atoms with Crippen molar-refractivity contribution in [2.45, 2.75) is 0 Å².